The third kappa shape index (κ3) is 2.65. The van der Waals surface area contributed by atoms with Gasteiger partial charge in [0.25, 0.3) is 0 Å². The van der Waals surface area contributed by atoms with Crippen LogP contribution < -0.4 is 4.74 Å². The smallest absolute Gasteiger partial charge is 0.338 e. The minimum atomic E-state index is -1.31. The number of rotatable bonds is 4. The lowest BCUT2D eigenvalue weighted by molar-refractivity contribution is 0.0692. The highest BCUT2D eigenvalue weighted by molar-refractivity contribution is 5.88. The van der Waals surface area contributed by atoms with E-state index in [1.807, 2.05) is 0 Å². The van der Waals surface area contributed by atoms with Crippen LogP contribution in [0.25, 0.3) is 0 Å². The van der Waals surface area contributed by atoms with Crippen LogP contribution in [0, 0.1) is 12.7 Å². The van der Waals surface area contributed by atoms with Crippen molar-refractivity contribution in [2.75, 3.05) is 0 Å². The van der Waals surface area contributed by atoms with Gasteiger partial charge in [-0.25, -0.2) is 9.18 Å². The molecule has 94 valence electrons. The topological polar surface area (TPSA) is 72.6 Å². The van der Waals surface area contributed by atoms with Crippen molar-refractivity contribution in [3.05, 3.63) is 47.1 Å². The molecule has 0 unspecified atom stereocenters. The van der Waals surface area contributed by atoms with E-state index in [0.29, 0.717) is 5.76 Å². The van der Waals surface area contributed by atoms with Crippen LogP contribution in [0.4, 0.5) is 4.39 Å². The molecule has 0 bridgehead atoms. The monoisotopic (exact) mass is 251 g/mol. The number of hydrogen-bond donors (Lipinski definition) is 1. The van der Waals surface area contributed by atoms with E-state index in [2.05, 4.69) is 5.16 Å². The third-order valence-electron chi connectivity index (χ3n) is 2.23. The number of benzene rings is 1. The summed E-state index contributed by atoms with van der Waals surface area (Å²) >= 11 is 0. The minimum Gasteiger partial charge on any atom is -0.485 e. The number of halogens is 1. The molecule has 1 N–H and O–H groups in total. The van der Waals surface area contributed by atoms with E-state index >= 15 is 0 Å². The molecule has 0 amide bonds. The fourth-order valence-electron chi connectivity index (χ4n) is 1.40. The van der Waals surface area contributed by atoms with Crippen molar-refractivity contribution < 1.29 is 23.6 Å². The Labute approximate surface area is 102 Å². The number of hydrogen-bond acceptors (Lipinski definition) is 4. The Bertz CT molecular complexity index is 579. The van der Waals surface area contributed by atoms with E-state index in [-0.39, 0.29) is 12.4 Å². The SMILES string of the molecule is Cc1cc(COc2ccc(C(=O)O)c(F)c2)on1. The maximum absolute atomic E-state index is 13.3. The van der Waals surface area contributed by atoms with Crippen LogP contribution in [-0.2, 0) is 6.61 Å². The van der Waals surface area contributed by atoms with E-state index < -0.39 is 17.3 Å². The molecule has 0 saturated heterocycles. The van der Waals surface area contributed by atoms with Crippen molar-refractivity contribution in [2.45, 2.75) is 13.5 Å². The Hall–Kier alpha value is -2.37. The summed E-state index contributed by atoms with van der Waals surface area (Å²) in [6.07, 6.45) is 0. The molecule has 0 saturated carbocycles. The predicted molar refractivity (Wildman–Crippen MR) is 58.9 cm³/mol. The molecule has 6 heteroatoms. The third-order valence-corrected chi connectivity index (χ3v) is 2.23. The lowest BCUT2D eigenvalue weighted by Gasteiger charge is -2.04. The maximum Gasteiger partial charge on any atom is 0.338 e. The van der Waals surface area contributed by atoms with Crippen LogP contribution in [0.15, 0.2) is 28.8 Å². The van der Waals surface area contributed by atoms with Gasteiger partial charge in [0.1, 0.15) is 18.2 Å². The molecular weight excluding hydrogens is 241 g/mol. The first kappa shape index (κ1) is 12.1. The molecule has 0 aliphatic heterocycles. The zero-order valence-electron chi connectivity index (χ0n) is 9.51. The first-order chi connectivity index (χ1) is 8.56. The van der Waals surface area contributed by atoms with Gasteiger partial charge in [0.2, 0.25) is 0 Å². The van der Waals surface area contributed by atoms with Crippen molar-refractivity contribution in [1.29, 1.82) is 0 Å². The van der Waals surface area contributed by atoms with Gasteiger partial charge < -0.3 is 14.4 Å². The zero-order valence-corrected chi connectivity index (χ0v) is 9.51. The molecule has 0 fully saturated rings. The molecule has 0 atom stereocenters. The fourth-order valence-corrected chi connectivity index (χ4v) is 1.40. The van der Waals surface area contributed by atoms with Gasteiger partial charge in [-0.2, -0.15) is 0 Å². The summed E-state index contributed by atoms with van der Waals surface area (Å²) in [6.45, 7) is 1.88. The zero-order chi connectivity index (χ0) is 13.1. The molecular formula is C12H10FNO4. The summed E-state index contributed by atoms with van der Waals surface area (Å²) < 4.78 is 23.5. The Balaban J connectivity index is 2.06. The Morgan fingerprint density at radius 2 is 2.28 bits per heavy atom. The minimum absolute atomic E-state index is 0.104. The van der Waals surface area contributed by atoms with Crippen LogP contribution in [0.2, 0.25) is 0 Å². The Morgan fingerprint density at radius 1 is 1.50 bits per heavy atom. The second-order valence-corrected chi connectivity index (χ2v) is 3.67. The number of ether oxygens (including phenoxy) is 1. The fraction of sp³-hybridized carbons (Fsp3) is 0.167. The number of nitrogens with zero attached hydrogens (tertiary/aromatic N) is 1. The molecule has 0 spiro atoms. The van der Waals surface area contributed by atoms with Crippen LogP contribution >= 0.6 is 0 Å². The summed E-state index contributed by atoms with van der Waals surface area (Å²) in [4.78, 5) is 10.6. The quantitative estimate of drug-likeness (QED) is 0.903. The summed E-state index contributed by atoms with van der Waals surface area (Å²) in [6, 6.07) is 5.25. The molecule has 5 nitrogen and oxygen atoms in total. The van der Waals surface area contributed by atoms with E-state index in [1.54, 1.807) is 13.0 Å². The highest BCUT2D eigenvalue weighted by Gasteiger charge is 2.11. The number of carbonyl (C=O) groups is 1. The van der Waals surface area contributed by atoms with Crippen molar-refractivity contribution in [3.8, 4) is 5.75 Å². The molecule has 0 aliphatic rings. The molecule has 2 rings (SSSR count). The molecule has 0 radical (unpaired) electrons. The average Bonchev–Trinajstić information content (AvgIpc) is 2.72. The van der Waals surface area contributed by atoms with E-state index in [0.717, 1.165) is 17.8 Å². The maximum atomic E-state index is 13.3. The summed E-state index contributed by atoms with van der Waals surface area (Å²) in [5.74, 6) is -1.42. The number of aromatic carboxylic acids is 1. The van der Waals surface area contributed by atoms with Gasteiger partial charge in [-0.15, -0.1) is 0 Å². The molecule has 2 aromatic rings. The summed E-state index contributed by atoms with van der Waals surface area (Å²) in [5, 5.41) is 12.3. The summed E-state index contributed by atoms with van der Waals surface area (Å²) in [5.41, 5.74) is 0.332. The van der Waals surface area contributed by atoms with E-state index in [9.17, 15) is 9.18 Å². The van der Waals surface area contributed by atoms with Crippen LogP contribution in [0.1, 0.15) is 21.8 Å². The normalized spacial score (nSPS) is 10.3. The first-order valence-electron chi connectivity index (χ1n) is 5.14. The Kier molecular flexibility index (Phi) is 3.27. The van der Waals surface area contributed by atoms with Crippen molar-refractivity contribution in [1.82, 2.24) is 5.16 Å². The predicted octanol–water partition coefficient (Wildman–Crippen LogP) is 2.40. The van der Waals surface area contributed by atoms with Crippen LogP contribution in [0.3, 0.4) is 0 Å². The summed E-state index contributed by atoms with van der Waals surface area (Å²) in [7, 11) is 0. The van der Waals surface area contributed by atoms with Crippen molar-refractivity contribution >= 4 is 5.97 Å². The van der Waals surface area contributed by atoms with Gasteiger partial charge in [0.15, 0.2) is 5.76 Å². The number of aryl methyl sites for hydroxylation is 1. The van der Waals surface area contributed by atoms with E-state index in [4.69, 9.17) is 14.4 Å². The van der Waals surface area contributed by atoms with Crippen molar-refractivity contribution in [3.63, 3.8) is 0 Å². The standard InChI is InChI=1S/C12H10FNO4/c1-7-4-9(18-14-7)6-17-8-2-3-10(12(15)16)11(13)5-8/h2-5H,6H2,1H3,(H,15,16). The molecule has 1 aromatic carbocycles. The lowest BCUT2D eigenvalue weighted by Crippen LogP contribution is -2.01. The van der Waals surface area contributed by atoms with Gasteiger partial charge in [0, 0.05) is 12.1 Å². The first-order valence-corrected chi connectivity index (χ1v) is 5.14. The Morgan fingerprint density at radius 3 is 2.83 bits per heavy atom. The second kappa shape index (κ2) is 4.87. The highest BCUT2D eigenvalue weighted by Crippen LogP contribution is 2.18. The molecule has 1 heterocycles. The van der Waals surface area contributed by atoms with Gasteiger partial charge in [0.05, 0.1) is 11.3 Å². The highest BCUT2D eigenvalue weighted by atomic mass is 19.1. The van der Waals surface area contributed by atoms with Gasteiger partial charge in [-0.1, -0.05) is 5.16 Å². The largest absolute Gasteiger partial charge is 0.485 e. The van der Waals surface area contributed by atoms with E-state index in [1.165, 1.54) is 6.07 Å². The number of carboxylic acid groups (broad SMARTS) is 1. The average molecular weight is 251 g/mol. The van der Waals surface area contributed by atoms with Gasteiger partial charge in [-0.3, -0.25) is 0 Å². The second-order valence-electron chi connectivity index (χ2n) is 3.67. The molecule has 0 aliphatic carbocycles. The number of carboxylic acids is 1. The van der Waals surface area contributed by atoms with Crippen LogP contribution in [0.5, 0.6) is 5.75 Å². The van der Waals surface area contributed by atoms with Gasteiger partial charge in [-0.05, 0) is 19.1 Å². The molecule has 18 heavy (non-hydrogen) atoms. The number of aromatic nitrogens is 1. The van der Waals surface area contributed by atoms with Crippen LogP contribution in [-0.4, -0.2) is 16.2 Å². The molecule has 1 aromatic heterocycles. The van der Waals surface area contributed by atoms with Crippen molar-refractivity contribution in [2.24, 2.45) is 0 Å². The van der Waals surface area contributed by atoms with Gasteiger partial charge >= 0.3 is 5.97 Å². The lowest BCUT2D eigenvalue weighted by atomic mass is 10.2.